The average molecular weight is 513 g/mol. The first kappa shape index (κ1) is 24.7. The molecule has 1 fully saturated rings. The van der Waals surface area contributed by atoms with E-state index in [1.54, 1.807) is 48.5 Å². The van der Waals surface area contributed by atoms with E-state index in [1.165, 1.54) is 30.5 Å². The van der Waals surface area contributed by atoms with Gasteiger partial charge in [-0.2, -0.15) is 13.7 Å². The summed E-state index contributed by atoms with van der Waals surface area (Å²) in [6, 6.07) is 23.3. The van der Waals surface area contributed by atoms with E-state index in [0.29, 0.717) is 0 Å². The number of hydrazone groups is 1. The van der Waals surface area contributed by atoms with E-state index in [1.807, 2.05) is 18.2 Å². The summed E-state index contributed by atoms with van der Waals surface area (Å²) in [5.74, 6) is -0.732. The maximum absolute atomic E-state index is 13.4. The van der Waals surface area contributed by atoms with Crippen LogP contribution in [0, 0.1) is 0 Å². The first-order valence-corrected chi connectivity index (χ1v) is 13.7. The van der Waals surface area contributed by atoms with Crippen molar-refractivity contribution in [2.24, 2.45) is 5.10 Å². The summed E-state index contributed by atoms with van der Waals surface area (Å²) in [4.78, 5) is 13.2. The van der Waals surface area contributed by atoms with Crippen molar-refractivity contribution in [3.63, 3.8) is 0 Å². The van der Waals surface area contributed by atoms with Gasteiger partial charge >= 0.3 is 0 Å². The number of carbonyl (C=O) groups is 1. The predicted octanol–water partition coefficient (Wildman–Crippen LogP) is 1.90. The number of piperazine rings is 1. The Bertz CT molecular complexity index is 1400. The fourth-order valence-corrected chi connectivity index (χ4v) is 6.76. The molecule has 0 bridgehead atoms. The van der Waals surface area contributed by atoms with Crippen molar-refractivity contribution < 1.29 is 21.6 Å². The Morgan fingerprint density at radius 3 is 1.86 bits per heavy atom. The van der Waals surface area contributed by atoms with E-state index in [-0.39, 0.29) is 29.4 Å². The Labute approximate surface area is 204 Å². The number of hydrogen-bond acceptors (Lipinski definition) is 6. The highest BCUT2D eigenvalue weighted by molar-refractivity contribution is 7.89. The highest BCUT2D eigenvalue weighted by Gasteiger charge is 2.43. The van der Waals surface area contributed by atoms with Crippen molar-refractivity contribution in [2.45, 2.75) is 15.8 Å². The molecule has 11 heteroatoms. The lowest BCUT2D eigenvalue weighted by molar-refractivity contribution is -0.125. The van der Waals surface area contributed by atoms with Crippen LogP contribution < -0.4 is 5.43 Å². The van der Waals surface area contributed by atoms with Crippen molar-refractivity contribution in [3.8, 4) is 0 Å². The molecule has 9 nitrogen and oxygen atoms in total. The van der Waals surface area contributed by atoms with Gasteiger partial charge in [0, 0.05) is 19.6 Å². The van der Waals surface area contributed by atoms with Gasteiger partial charge in [0.1, 0.15) is 6.04 Å². The Kier molecular flexibility index (Phi) is 7.41. The van der Waals surface area contributed by atoms with Gasteiger partial charge in [-0.1, -0.05) is 66.7 Å². The second-order valence-corrected chi connectivity index (χ2v) is 11.6. The van der Waals surface area contributed by atoms with Gasteiger partial charge in [0.05, 0.1) is 16.0 Å². The molecule has 1 N–H and O–H groups in total. The molecule has 3 aromatic rings. The molecule has 1 heterocycles. The summed E-state index contributed by atoms with van der Waals surface area (Å²) < 4.78 is 55.2. The topological polar surface area (TPSA) is 116 Å². The maximum atomic E-state index is 13.4. The van der Waals surface area contributed by atoms with Crippen LogP contribution in [0.1, 0.15) is 5.56 Å². The van der Waals surface area contributed by atoms with Crippen LogP contribution in [-0.2, 0) is 24.8 Å². The van der Waals surface area contributed by atoms with Gasteiger partial charge in [-0.05, 0) is 29.8 Å². The maximum Gasteiger partial charge on any atom is 0.259 e. The van der Waals surface area contributed by atoms with Gasteiger partial charge in [-0.15, -0.1) is 0 Å². The van der Waals surface area contributed by atoms with E-state index in [4.69, 9.17) is 0 Å². The number of hydrogen-bond donors (Lipinski definition) is 1. The summed E-state index contributed by atoms with van der Waals surface area (Å²) >= 11 is 0. The SMILES string of the molecule is O=C(N/N=C/c1ccccc1)C1CN(S(=O)(=O)c2ccccc2)CCN1S(=O)(=O)c1ccccc1. The molecule has 1 aliphatic rings. The van der Waals surface area contributed by atoms with Gasteiger partial charge in [-0.25, -0.2) is 22.3 Å². The number of carbonyl (C=O) groups excluding carboxylic acids is 1. The highest BCUT2D eigenvalue weighted by Crippen LogP contribution is 2.25. The Hall–Kier alpha value is -3.38. The molecule has 35 heavy (non-hydrogen) atoms. The fourth-order valence-electron chi connectivity index (χ4n) is 3.71. The lowest BCUT2D eigenvalue weighted by atomic mass is 10.2. The minimum Gasteiger partial charge on any atom is -0.271 e. The molecule has 1 atom stereocenters. The molecule has 1 saturated heterocycles. The second kappa shape index (κ2) is 10.5. The van der Waals surface area contributed by atoms with E-state index < -0.39 is 32.0 Å². The molecule has 4 rings (SSSR count). The van der Waals surface area contributed by atoms with Crippen LogP contribution in [0.2, 0.25) is 0 Å². The zero-order valence-corrected chi connectivity index (χ0v) is 20.3. The van der Waals surface area contributed by atoms with Crippen LogP contribution in [0.5, 0.6) is 0 Å². The van der Waals surface area contributed by atoms with Crippen LogP contribution in [0.15, 0.2) is 106 Å². The summed E-state index contributed by atoms with van der Waals surface area (Å²) in [5, 5.41) is 3.94. The van der Waals surface area contributed by atoms with Gasteiger partial charge in [0.15, 0.2) is 0 Å². The number of sulfonamides is 2. The molecular formula is C24H24N4O5S2. The fraction of sp³-hybridized carbons (Fsp3) is 0.167. The molecule has 3 aromatic carbocycles. The van der Waals surface area contributed by atoms with Crippen LogP contribution >= 0.6 is 0 Å². The number of nitrogens with zero attached hydrogens (tertiary/aromatic N) is 3. The third-order valence-corrected chi connectivity index (χ3v) is 9.32. The van der Waals surface area contributed by atoms with E-state index in [0.717, 1.165) is 14.2 Å². The van der Waals surface area contributed by atoms with Crippen molar-refractivity contribution in [1.29, 1.82) is 0 Å². The van der Waals surface area contributed by atoms with Crippen molar-refractivity contribution in [1.82, 2.24) is 14.0 Å². The number of nitrogens with one attached hydrogen (secondary N) is 1. The molecule has 0 aromatic heterocycles. The summed E-state index contributed by atoms with van der Waals surface area (Å²) in [7, 11) is -8.00. The molecule has 1 amide bonds. The van der Waals surface area contributed by atoms with Gasteiger partial charge < -0.3 is 0 Å². The van der Waals surface area contributed by atoms with Crippen LogP contribution in [0.3, 0.4) is 0 Å². The summed E-state index contributed by atoms with van der Waals surface area (Å²) in [6.45, 7) is -0.639. The molecule has 0 radical (unpaired) electrons. The summed E-state index contributed by atoms with van der Waals surface area (Å²) in [6.07, 6.45) is 1.43. The lowest BCUT2D eigenvalue weighted by Crippen LogP contribution is -2.60. The molecular weight excluding hydrogens is 488 g/mol. The Morgan fingerprint density at radius 1 is 0.771 bits per heavy atom. The van der Waals surface area contributed by atoms with E-state index in [9.17, 15) is 21.6 Å². The first-order valence-electron chi connectivity index (χ1n) is 10.8. The van der Waals surface area contributed by atoms with Gasteiger partial charge in [-0.3, -0.25) is 4.79 Å². The highest BCUT2D eigenvalue weighted by atomic mass is 32.2. The van der Waals surface area contributed by atoms with Crippen LogP contribution in [0.25, 0.3) is 0 Å². The van der Waals surface area contributed by atoms with Crippen LogP contribution in [0.4, 0.5) is 0 Å². The first-order chi connectivity index (χ1) is 16.8. The third kappa shape index (κ3) is 5.49. The van der Waals surface area contributed by atoms with Crippen molar-refractivity contribution in [3.05, 3.63) is 96.6 Å². The third-order valence-electron chi connectivity index (χ3n) is 5.52. The molecule has 182 valence electrons. The normalized spacial score (nSPS) is 17.9. The minimum atomic E-state index is -4.07. The summed E-state index contributed by atoms with van der Waals surface area (Å²) in [5.41, 5.74) is 3.10. The Balaban J connectivity index is 1.63. The number of amides is 1. The Morgan fingerprint density at radius 2 is 1.29 bits per heavy atom. The number of rotatable bonds is 7. The average Bonchev–Trinajstić information content (AvgIpc) is 2.90. The molecule has 0 aliphatic carbocycles. The van der Waals surface area contributed by atoms with Crippen molar-refractivity contribution >= 4 is 32.2 Å². The standard InChI is InChI=1S/C24H24N4O5S2/c29-24(26-25-18-20-10-4-1-5-11-20)23-19-27(34(30,31)21-12-6-2-7-13-21)16-17-28(23)35(32,33)22-14-8-3-9-15-22/h1-15,18,23H,16-17,19H2,(H,26,29)/b25-18+. The monoisotopic (exact) mass is 512 g/mol. The largest absolute Gasteiger partial charge is 0.271 e. The zero-order valence-electron chi connectivity index (χ0n) is 18.6. The van der Waals surface area contributed by atoms with Crippen LogP contribution in [-0.4, -0.2) is 63.2 Å². The zero-order chi connectivity index (χ0) is 24.9. The quantitative estimate of drug-likeness (QED) is 0.383. The second-order valence-electron chi connectivity index (χ2n) is 7.77. The molecule has 0 saturated carbocycles. The number of benzene rings is 3. The van der Waals surface area contributed by atoms with E-state index >= 15 is 0 Å². The minimum absolute atomic E-state index is 0.0185. The van der Waals surface area contributed by atoms with Crippen molar-refractivity contribution in [2.75, 3.05) is 19.6 Å². The van der Waals surface area contributed by atoms with E-state index in [2.05, 4.69) is 10.5 Å². The van der Waals surface area contributed by atoms with Gasteiger partial charge in [0.25, 0.3) is 5.91 Å². The molecule has 1 unspecified atom stereocenters. The lowest BCUT2D eigenvalue weighted by Gasteiger charge is -2.38. The smallest absolute Gasteiger partial charge is 0.259 e. The molecule has 0 spiro atoms. The molecule has 1 aliphatic heterocycles. The van der Waals surface area contributed by atoms with Gasteiger partial charge in [0.2, 0.25) is 20.0 Å². The predicted molar refractivity (Wildman–Crippen MR) is 132 cm³/mol.